The number of alkyl halides is 2. The smallest absolute Gasteiger partial charge is 0.284 e. The molecule has 0 aliphatic heterocycles. The molecule has 0 aromatic rings. The van der Waals surface area contributed by atoms with E-state index in [4.69, 9.17) is 5.73 Å². The van der Waals surface area contributed by atoms with Crippen LogP contribution in [0.5, 0.6) is 0 Å². The van der Waals surface area contributed by atoms with Crippen LogP contribution in [-0.4, -0.2) is 18.1 Å². The molecule has 0 bridgehead atoms. The Bertz CT molecular complexity index is 46.3. The minimum absolute atomic E-state index is 0. The molecule has 2 N–H and O–H groups in total. The third-order valence-corrected chi connectivity index (χ3v) is 1.09. The minimum Gasteiger partial charge on any atom is -0.330 e. The van der Waals surface area contributed by atoms with Crippen molar-refractivity contribution in [1.82, 2.24) is 0 Å². The van der Waals surface area contributed by atoms with Gasteiger partial charge >= 0.3 is 0 Å². The summed E-state index contributed by atoms with van der Waals surface area (Å²) in [6.45, 7) is 0.328. The first kappa shape index (κ1) is 11.3. The lowest BCUT2D eigenvalue weighted by Crippen LogP contribution is -2.02. The maximum atomic E-state index is 11.1. The molecule has 5 heteroatoms. The first-order valence-corrected chi connectivity index (χ1v) is 2.92. The predicted octanol–water partition coefficient (Wildman–Crippen LogP) is 1.32. The molecule has 0 unspecified atom stereocenters. The highest BCUT2D eigenvalue weighted by atomic mass is 35.5. The molecule has 0 amide bonds. The molecule has 0 saturated heterocycles. The quantitative estimate of drug-likeness (QED) is 0.679. The topological polar surface area (TPSA) is 26.0 Å². The fraction of sp³-hybridized carbons (Fsp3) is 1.00. The third-order valence-electron chi connectivity index (χ3n) is 0.362. The minimum atomic E-state index is -2.26. The Morgan fingerprint density at radius 3 is 2.12 bits per heavy atom. The fourth-order valence-corrected chi connectivity index (χ4v) is 0.471. The zero-order chi connectivity index (χ0) is 5.70. The second kappa shape index (κ2) is 7.46. The molecule has 52 valence electrons. The van der Waals surface area contributed by atoms with Gasteiger partial charge in [-0.1, -0.05) is 11.8 Å². The van der Waals surface area contributed by atoms with Crippen LogP contribution < -0.4 is 5.73 Å². The Balaban J connectivity index is 0. The summed E-state index contributed by atoms with van der Waals surface area (Å²) in [6, 6.07) is 0. The fourth-order valence-electron chi connectivity index (χ4n) is 0.157. The average Bonchev–Trinajstić information content (AvgIpc) is 1.61. The van der Waals surface area contributed by atoms with E-state index in [1.807, 2.05) is 0 Å². The molecule has 0 aliphatic rings. The lowest BCUT2D eigenvalue weighted by molar-refractivity contribution is 0.252. The Labute approximate surface area is 57.4 Å². The van der Waals surface area contributed by atoms with Crippen LogP contribution in [0.1, 0.15) is 0 Å². The van der Waals surface area contributed by atoms with Crippen molar-refractivity contribution in [2.24, 2.45) is 5.73 Å². The first-order chi connectivity index (χ1) is 3.27. The first-order valence-electron chi connectivity index (χ1n) is 1.87. The third kappa shape index (κ3) is 9.68. The van der Waals surface area contributed by atoms with Gasteiger partial charge in [0.2, 0.25) is 0 Å². The highest BCUT2D eigenvalue weighted by Gasteiger charge is 1.98. The summed E-state index contributed by atoms with van der Waals surface area (Å²) in [6.07, 6.45) is 0. The Kier molecular flexibility index (Phi) is 10.5. The SMILES string of the molecule is Cl.NCCSC(F)F. The van der Waals surface area contributed by atoms with Crippen LogP contribution in [-0.2, 0) is 0 Å². The van der Waals surface area contributed by atoms with Crippen LogP contribution in [0.4, 0.5) is 8.78 Å². The monoisotopic (exact) mass is 163 g/mol. The van der Waals surface area contributed by atoms with Gasteiger partial charge in [0.25, 0.3) is 5.76 Å². The highest BCUT2D eigenvalue weighted by molar-refractivity contribution is 7.99. The van der Waals surface area contributed by atoms with E-state index in [9.17, 15) is 8.78 Å². The van der Waals surface area contributed by atoms with Crippen LogP contribution in [0.3, 0.4) is 0 Å². The van der Waals surface area contributed by atoms with E-state index >= 15 is 0 Å². The number of hydrogen-bond donors (Lipinski definition) is 1. The van der Waals surface area contributed by atoms with Gasteiger partial charge in [0.05, 0.1) is 0 Å². The Hall–Kier alpha value is 0.460. The van der Waals surface area contributed by atoms with E-state index in [-0.39, 0.29) is 12.4 Å². The second-order valence-corrected chi connectivity index (χ2v) is 2.02. The summed E-state index contributed by atoms with van der Waals surface area (Å²) in [5.74, 6) is -1.92. The largest absolute Gasteiger partial charge is 0.330 e. The standard InChI is InChI=1S/C3H7F2NS.ClH/c4-3(5)7-2-1-6;/h3H,1-2,6H2;1H. The van der Waals surface area contributed by atoms with Gasteiger partial charge < -0.3 is 5.73 Å². The van der Waals surface area contributed by atoms with Crippen LogP contribution in [0.25, 0.3) is 0 Å². The molecule has 1 nitrogen and oxygen atoms in total. The van der Waals surface area contributed by atoms with Gasteiger partial charge in [-0.3, -0.25) is 0 Å². The molecule has 8 heavy (non-hydrogen) atoms. The van der Waals surface area contributed by atoms with Crippen molar-refractivity contribution in [3.63, 3.8) is 0 Å². The van der Waals surface area contributed by atoms with Crippen LogP contribution in [0, 0.1) is 0 Å². The summed E-state index contributed by atoms with van der Waals surface area (Å²) >= 11 is 0.573. The molecule has 0 heterocycles. The van der Waals surface area contributed by atoms with Gasteiger partial charge in [-0.05, 0) is 0 Å². The van der Waals surface area contributed by atoms with E-state index < -0.39 is 5.76 Å². The lowest BCUT2D eigenvalue weighted by Gasteiger charge is -1.92. The highest BCUT2D eigenvalue weighted by Crippen LogP contribution is 2.10. The molecule has 0 spiro atoms. The molecule has 0 aromatic carbocycles. The predicted molar refractivity (Wildman–Crippen MR) is 34.8 cm³/mol. The molecule has 0 atom stereocenters. The summed E-state index contributed by atoms with van der Waals surface area (Å²) < 4.78 is 22.3. The van der Waals surface area contributed by atoms with Crippen molar-refractivity contribution in [2.75, 3.05) is 12.3 Å². The van der Waals surface area contributed by atoms with E-state index in [0.717, 1.165) is 0 Å². The van der Waals surface area contributed by atoms with Gasteiger partial charge in [-0.2, -0.15) is 8.78 Å². The van der Waals surface area contributed by atoms with Crippen LogP contribution >= 0.6 is 24.2 Å². The van der Waals surface area contributed by atoms with Crippen molar-refractivity contribution in [2.45, 2.75) is 5.76 Å². The summed E-state index contributed by atoms with van der Waals surface area (Å²) in [5.41, 5.74) is 4.92. The van der Waals surface area contributed by atoms with Gasteiger partial charge in [0, 0.05) is 12.3 Å². The van der Waals surface area contributed by atoms with Gasteiger partial charge in [-0.15, -0.1) is 12.4 Å². The van der Waals surface area contributed by atoms with Crippen molar-refractivity contribution < 1.29 is 8.78 Å². The van der Waals surface area contributed by atoms with Crippen LogP contribution in [0.15, 0.2) is 0 Å². The molecule has 0 aromatic heterocycles. The zero-order valence-corrected chi connectivity index (χ0v) is 5.77. The van der Waals surface area contributed by atoms with E-state index in [0.29, 0.717) is 24.1 Å². The van der Waals surface area contributed by atoms with E-state index in [2.05, 4.69) is 0 Å². The Morgan fingerprint density at radius 2 is 2.00 bits per heavy atom. The molecular weight excluding hydrogens is 156 g/mol. The number of halogens is 3. The zero-order valence-electron chi connectivity index (χ0n) is 4.14. The van der Waals surface area contributed by atoms with Crippen molar-refractivity contribution in [3.05, 3.63) is 0 Å². The second-order valence-electron chi connectivity index (χ2n) is 0.920. The number of rotatable bonds is 3. The van der Waals surface area contributed by atoms with Gasteiger partial charge in [0.1, 0.15) is 0 Å². The number of hydrogen-bond acceptors (Lipinski definition) is 2. The average molecular weight is 164 g/mol. The molecule has 0 saturated carbocycles. The number of nitrogens with two attached hydrogens (primary N) is 1. The van der Waals surface area contributed by atoms with Crippen molar-refractivity contribution >= 4 is 24.2 Å². The van der Waals surface area contributed by atoms with Crippen LogP contribution in [0.2, 0.25) is 0 Å². The lowest BCUT2D eigenvalue weighted by atomic mass is 10.8. The summed E-state index contributed by atoms with van der Waals surface area (Å²) in [7, 11) is 0. The van der Waals surface area contributed by atoms with Gasteiger partial charge in [0.15, 0.2) is 0 Å². The van der Waals surface area contributed by atoms with Crippen molar-refractivity contribution in [1.29, 1.82) is 0 Å². The van der Waals surface area contributed by atoms with Crippen molar-refractivity contribution in [3.8, 4) is 0 Å². The van der Waals surface area contributed by atoms with E-state index in [1.54, 1.807) is 0 Å². The molecule has 0 fully saturated rings. The maximum Gasteiger partial charge on any atom is 0.284 e. The Morgan fingerprint density at radius 1 is 1.50 bits per heavy atom. The molecule has 0 aliphatic carbocycles. The molecule has 0 rings (SSSR count). The summed E-state index contributed by atoms with van der Waals surface area (Å²) in [4.78, 5) is 0. The normalized spacial score (nSPS) is 9.00. The number of thioether (sulfide) groups is 1. The molecular formula is C3H8ClF2NS. The summed E-state index contributed by atoms with van der Waals surface area (Å²) in [5, 5.41) is 0. The van der Waals surface area contributed by atoms with E-state index in [1.165, 1.54) is 0 Å². The van der Waals surface area contributed by atoms with Gasteiger partial charge in [-0.25, -0.2) is 0 Å². The molecule has 0 radical (unpaired) electrons. The maximum absolute atomic E-state index is 11.1.